The van der Waals surface area contributed by atoms with Crippen molar-refractivity contribution in [2.24, 2.45) is 0 Å². The van der Waals surface area contributed by atoms with Crippen molar-refractivity contribution in [1.29, 1.82) is 0 Å². The lowest BCUT2D eigenvalue weighted by Crippen LogP contribution is -2.62. The Kier molecular flexibility index (Phi) is 5.66. The number of halogens is 2. The van der Waals surface area contributed by atoms with Crippen LogP contribution in [0.15, 0.2) is 60.7 Å². The van der Waals surface area contributed by atoms with Crippen molar-refractivity contribution in [3.63, 3.8) is 0 Å². The first-order chi connectivity index (χ1) is 13.5. The zero-order valence-corrected chi connectivity index (χ0v) is 16.3. The number of aliphatic hydroxyl groups is 2. The van der Waals surface area contributed by atoms with Crippen LogP contribution in [0.5, 0.6) is 0 Å². The molecule has 2 aromatic carbocycles. The fourth-order valence-corrected chi connectivity index (χ4v) is 4.01. The molecule has 0 amide bonds. The van der Waals surface area contributed by atoms with Gasteiger partial charge in [-0.25, -0.2) is 0 Å². The first-order valence-electron chi connectivity index (χ1n) is 8.90. The first kappa shape index (κ1) is 20.1. The summed E-state index contributed by atoms with van der Waals surface area (Å²) in [5.74, 6) is 0. The Bertz CT molecular complexity index is 750. The lowest BCUT2D eigenvalue weighted by atomic mass is 10.00. The molecule has 2 aliphatic heterocycles. The van der Waals surface area contributed by atoms with Gasteiger partial charge in [-0.3, -0.25) is 0 Å². The van der Waals surface area contributed by atoms with Crippen LogP contribution in [0.3, 0.4) is 0 Å². The highest BCUT2D eigenvalue weighted by atomic mass is 35.5. The zero-order chi connectivity index (χ0) is 19.8. The second kappa shape index (κ2) is 7.89. The van der Waals surface area contributed by atoms with Gasteiger partial charge in [-0.05, 0) is 0 Å². The standard InChI is InChI=1S/C20H20Cl2O6/c21-19(13-7-3-1-4-8-13)25-12-16-17(24)18(15(11-23)26-19)28-20(22,27-16)14-9-5-2-6-10-14/h1-10,15-18,23-24H,11-12H2/t15-,16+,17+,18+,19?,20?/m0/s1. The molecule has 0 radical (unpaired) electrons. The largest absolute Gasteiger partial charge is 0.394 e. The number of fused-ring (bicyclic) bond motifs is 2. The Morgan fingerprint density at radius 2 is 1.43 bits per heavy atom. The van der Waals surface area contributed by atoms with E-state index in [4.69, 9.17) is 42.1 Å². The molecule has 0 aliphatic carbocycles. The van der Waals surface area contributed by atoms with Gasteiger partial charge in [0.25, 0.3) is 10.5 Å². The highest BCUT2D eigenvalue weighted by Crippen LogP contribution is 2.45. The van der Waals surface area contributed by atoms with E-state index in [9.17, 15) is 10.2 Å². The molecule has 8 heteroatoms. The van der Waals surface area contributed by atoms with Crippen molar-refractivity contribution in [2.45, 2.75) is 34.9 Å². The topological polar surface area (TPSA) is 77.4 Å². The van der Waals surface area contributed by atoms with Crippen LogP contribution < -0.4 is 0 Å². The van der Waals surface area contributed by atoms with Crippen molar-refractivity contribution in [3.8, 4) is 0 Å². The van der Waals surface area contributed by atoms with Crippen LogP contribution in [-0.2, 0) is 29.4 Å². The molecule has 2 bridgehead atoms. The minimum Gasteiger partial charge on any atom is -0.394 e. The van der Waals surface area contributed by atoms with Gasteiger partial charge in [0.2, 0.25) is 0 Å². The summed E-state index contributed by atoms with van der Waals surface area (Å²) in [4.78, 5) is 0. The van der Waals surface area contributed by atoms with Gasteiger partial charge in [0.05, 0.1) is 13.2 Å². The van der Waals surface area contributed by atoms with E-state index in [2.05, 4.69) is 0 Å². The summed E-state index contributed by atoms with van der Waals surface area (Å²) in [6, 6.07) is 17.8. The third-order valence-electron chi connectivity index (χ3n) is 4.83. The number of alkyl halides is 2. The van der Waals surface area contributed by atoms with Crippen LogP contribution in [0.1, 0.15) is 11.1 Å². The Morgan fingerprint density at radius 3 is 2.00 bits per heavy atom. The summed E-state index contributed by atoms with van der Waals surface area (Å²) < 4.78 is 23.5. The lowest BCUT2D eigenvalue weighted by Gasteiger charge is -2.49. The van der Waals surface area contributed by atoms with Crippen LogP contribution in [0.25, 0.3) is 0 Å². The third-order valence-corrected chi connectivity index (χ3v) is 5.64. The molecule has 150 valence electrons. The van der Waals surface area contributed by atoms with Gasteiger partial charge in [0, 0.05) is 11.1 Å². The summed E-state index contributed by atoms with van der Waals surface area (Å²) in [7, 11) is 0. The van der Waals surface area contributed by atoms with E-state index < -0.39 is 41.5 Å². The second-order valence-electron chi connectivity index (χ2n) is 6.68. The first-order valence-corrected chi connectivity index (χ1v) is 9.66. The molecule has 4 rings (SSSR count). The molecule has 2 aromatic rings. The van der Waals surface area contributed by atoms with Gasteiger partial charge in [0.15, 0.2) is 0 Å². The Morgan fingerprint density at radius 1 is 0.857 bits per heavy atom. The number of ether oxygens (including phenoxy) is 4. The summed E-state index contributed by atoms with van der Waals surface area (Å²) in [5, 5.41) is 17.3. The zero-order valence-electron chi connectivity index (χ0n) is 14.8. The van der Waals surface area contributed by atoms with Crippen molar-refractivity contribution >= 4 is 23.2 Å². The van der Waals surface area contributed by atoms with Crippen molar-refractivity contribution in [1.82, 2.24) is 0 Å². The molecule has 2 heterocycles. The number of benzene rings is 2. The Hall–Kier alpha value is -1.22. The highest BCUT2D eigenvalue weighted by Gasteiger charge is 2.54. The number of hydrogen-bond donors (Lipinski definition) is 2. The average molecular weight is 427 g/mol. The quantitative estimate of drug-likeness (QED) is 0.734. The highest BCUT2D eigenvalue weighted by molar-refractivity contribution is 6.22. The Labute approximate surface area is 172 Å². The molecule has 0 aromatic heterocycles. The summed E-state index contributed by atoms with van der Waals surface area (Å²) in [5.41, 5.74) is 1.10. The van der Waals surface area contributed by atoms with Crippen LogP contribution in [0.2, 0.25) is 0 Å². The van der Waals surface area contributed by atoms with E-state index in [1.165, 1.54) is 0 Å². The van der Waals surface area contributed by atoms with Crippen LogP contribution in [0, 0.1) is 0 Å². The molecule has 2 N–H and O–H groups in total. The fourth-order valence-electron chi connectivity index (χ4n) is 3.37. The fraction of sp³-hybridized carbons (Fsp3) is 0.400. The summed E-state index contributed by atoms with van der Waals surface area (Å²) >= 11 is 13.2. The maximum atomic E-state index is 10.7. The van der Waals surface area contributed by atoms with E-state index in [1.807, 2.05) is 12.1 Å². The number of hydrogen-bond acceptors (Lipinski definition) is 6. The van der Waals surface area contributed by atoms with E-state index >= 15 is 0 Å². The van der Waals surface area contributed by atoms with Crippen LogP contribution >= 0.6 is 23.2 Å². The predicted octanol–water partition coefficient (Wildman–Crippen LogP) is 2.64. The third kappa shape index (κ3) is 3.67. The summed E-state index contributed by atoms with van der Waals surface area (Å²) in [6.45, 7) is -0.570. The van der Waals surface area contributed by atoms with Gasteiger partial charge in [0.1, 0.15) is 24.4 Å². The van der Waals surface area contributed by atoms with Gasteiger partial charge in [-0.2, -0.15) is 0 Å². The average Bonchev–Trinajstić information content (AvgIpc) is 2.73. The molecular weight excluding hydrogens is 407 g/mol. The number of aliphatic hydroxyl groups excluding tert-OH is 2. The van der Waals surface area contributed by atoms with Gasteiger partial charge < -0.3 is 29.2 Å². The van der Waals surface area contributed by atoms with Gasteiger partial charge >= 0.3 is 0 Å². The molecule has 28 heavy (non-hydrogen) atoms. The van der Waals surface area contributed by atoms with E-state index in [-0.39, 0.29) is 6.61 Å². The predicted molar refractivity (Wildman–Crippen MR) is 102 cm³/mol. The van der Waals surface area contributed by atoms with Gasteiger partial charge in [-0.1, -0.05) is 83.9 Å². The normalized spacial score (nSPS) is 38.4. The molecule has 2 aliphatic rings. The van der Waals surface area contributed by atoms with E-state index in [1.54, 1.807) is 48.5 Å². The van der Waals surface area contributed by atoms with E-state index in [0.717, 1.165) is 0 Å². The van der Waals surface area contributed by atoms with E-state index in [0.29, 0.717) is 11.1 Å². The molecule has 6 nitrogen and oxygen atoms in total. The molecule has 0 saturated carbocycles. The molecular formula is C20H20Cl2O6. The maximum Gasteiger partial charge on any atom is 0.277 e. The second-order valence-corrected chi connectivity index (χ2v) is 7.68. The monoisotopic (exact) mass is 426 g/mol. The molecule has 2 saturated heterocycles. The molecule has 2 unspecified atom stereocenters. The van der Waals surface area contributed by atoms with Crippen LogP contribution in [0.4, 0.5) is 0 Å². The lowest BCUT2D eigenvalue weighted by molar-refractivity contribution is -0.377. The van der Waals surface area contributed by atoms with Gasteiger partial charge in [-0.15, -0.1) is 0 Å². The van der Waals surface area contributed by atoms with Crippen molar-refractivity contribution in [3.05, 3.63) is 71.8 Å². The Balaban J connectivity index is 1.68. The molecule has 6 atom stereocenters. The minimum atomic E-state index is -1.67. The van der Waals surface area contributed by atoms with Crippen molar-refractivity contribution < 1.29 is 29.2 Å². The molecule has 2 fully saturated rings. The SMILES string of the molecule is OC[C@@H]1OC(Cl)(c2ccccc2)OC[C@H]2OC(Cl)(c3ccccc3)O[C@H]1[C@@H]2O. The van der Waals surface area contributed by atoms with Crippen LogP contribution in [-0.4, -0.2) is 47.8 Å². The maximum absolute atomic E-state index is 10.7. The van der Waals surface area contributed by atoms with Crippen molar-refractivity contribution in [2.75, 3.05) is 13.2 Å². The number of rotatable bonds is 3. The molecule has 0 spiro atoms. The summed E-state index contributed by atoms with van der Waals surface area (Å²) in [6.07, 6.45) is -3.99. The smallest absolute Gasteiger partial charge is 0.277 e. The minimum absolute atomic E-state index is 0.0983.